The van der Waals surface area contributed by atoms with Gasteiger partial charge in [0.25, 0.3) is 10.1 Å². The van der Waals surface area contributed by atoms with Crippen molar-refractivity contribution in [3.05, 3.63) is 65.2 Å². The monoisotopic (exact) mass is 352 g/mol. The Bertz CT molecular complexity index is 760. The second-order valence-electron chi connectivity index (χ2n) is 4.95. The maximum Gasteiger partial charge on any atom is 0.294 e. The molecule has 5 nitrogen and oxygen atoms in total. The topological polar surface area (TPSA) is 92.4 Å². The molecule has 4 N–H and O–H groups in total. The molecular formula is C16H20N2O3S2. The molecule has 2 aromatic carbocycles. The van der Waals surface area contributed by atoms with E-state index >= 15 is 0 Å². The highest BCUT2D eigenvalue weighted by atomic mass is 32.2. The summed E-state index contributed by atoms with van der Waals surface area (Å²) in [5, 5.41) is 3.21. The number of aryl methyl sites for hydroxylation is 2. The van der Waals surface area contributed by atoms with Crippen molar-refractivity contribution in [2.24, 2.45) is 5.73 Å². The third kappa shape index (κ3) is 7.23. The van der Waals surface area contributed by atoms with Gasteiger partial charge in [-0.05, 0) is 48.8 Å². The summed E-state index contributed by atoms with van der Waals surface area (Å²) in [6.45, 7) is 4.12. The molecular weight excluding hydrogens is 332 g/mol. The molecule has 0 heterocycles. The first-order valence-electron chi connectivity index (χ1n) is 6.82. The molecule has 0 radical (unpaired) electrons. The first-order valence-corrected chi connectivity index (χ1v) is 8.67. The third-order valence-electron chi connectivity index (χ3n) is 2.93. The van der Waals surface area contributed by atoms with Crippen molar-refractivity contribution in [2.45, 2.75) is 25.3 Å². The van der Waals surface area contributed by atoms with Crippen molar-refractivity contribution in [3.8, 4) is 0 Å². The van der Waals surface area contributed by atoms with E-state index in [0.717, 1.165) is 5.56 Å². The average molecular weight is 352 g/mol. The molecule has 0 atom stereocenters. The summed E-state index contributed by atoms with van der Waals surface area (Å²) in [6.07, 6.45) is 0. The highest BCUT2D eigenvalue weighted by molar-refractivity contribution is 7.85. The Hall–Kier alpha value is -1.96. The Morgan fingerprint density at radius 2 is 1.78 bits per heavy atom. The summed E-state index contributed by atoms with van der Waals surface area (Å²) in [5.74, 6) is 0. The number of nitrogens with one attached hydrogen (secondary N) is 1. The van der Waals surface area contributed by atoms with Crippen molar-refractivity contribution >= 4 is 27.4 Å². The van der Waals surface area contributed by atoms with Crippen molar-refractivity contribution in [2.75, 3.05) is 0 Å². The van der Waals surface area contributed by atoms with Crippen LogP contribution in [0.15, 0.2) is 53.4 Å². The molecule has 0 aliphatic carbocycles. The SMILES string of the molecule is Cc1ccc(C)c(S(=O)(=O)O)c1.NC(=S)NCc1ccccc1. The highest BCUT2D eigenvalue weighted by Crippen LogP contribution is 2.15. The number of thiocarbonyl (C=S) groups is 1. The largest absolute Gasteiger partial charge is 0.376 e. The van der Waals surface area contributed by atoms with Crippen molar-refractivity contribution in [1.82, 2.24) is 5.32 Å². The summed E-state index contributed by atoms with van der Waals surface area (Å²) < 4.78 is 30.3. The fraction of sp³-hybridized carbons (Fsp3) is 0.188. The van der Waals surface area contributed by atoms with Gasteiger partial charge in [-0.1, -0.05) is 42.5 Å². The zero-order valence-electron chi connectivity index (χ0n) is 13.0. The van der Waals surface area contributed by atoms with E-state index in [9.17, 15) is 8.42 Å². The van der Waals surface area contributed by atoms with Gasteiger partial charge < -0.3 is 11.1 Å². The molecule has 2 aromatic rings. The molecule has 0 aromatic heterocycles. The first kappa shape index (κ1) is 19.1. The number of benzene rings is 2. The molecule has 7 heteroatoms. The summed E-state index contributed by atoms with van der Waals surface area (Å²) in [7, 11) is -4.06. The number of hydrogen-bond acceptors (Lipinski definition) is 3. The van der Waals surface area contributed by atoms with Crippen LogP contribution in [0.5, 0.6) is 0 Å². The van der Waals surface area contributed by atoms with Crippen LogP contribution in [0.1, 0.15) is 16.7 Å². The van der Waals surface area contributed by atoms with Gasteiger partial charge >= 0.3 is 0 Å². The van der Waals surface area contributed by atoms with Gasteiger partial charge in [0.05, 0.1) is 4.90 Å². The molecule has 124 valence electrons. The van der Waals surface area contributed by atoms with Gasteiger partial charge in [-0.3, -0.25) is 4.55 Å². The lowest BCUT2D eigenvalue weighted by Crippen LogP contribution is -2.28. The van der Waals surface area contributed by atoms with E-state index in [0.29, 0.717) is 17.2 Å². The number of rotatable bonds is 3. The maximum atomic E-state index is 10.8. The summed E-state index contributed by atoms with van der Waals surface area (Å²) >= 11 is 4.66. The number of nitrogens with two attached hydrogens (primary N) is 1. The molecule has 0 amide bonds. The van der Waals surface area contributed by atoms with Gasteiger partial charge in [-0.2, -0.15) is 8.42 Å². The van der Waals surface area contributed by atoms with Gasteiger partial charge in [-0.25, -0.2) is 0 Å². The summed E-state index contributed by atoms with van der Waals surface area (Å²) in [4.78, 5) is -0.0116. The normalized spacial score (nSPS) is 10.4. The lowest BCUT2D eigenvalue weighted by molar-refractivity contribution is 0.482. The molecule has 0 aliphatic rings. The van der Waals surface area contributed by atoms with E-state index in [2.05, 4.69) is 17.5 Å². The van der Waals surface area contributed by atoms with Crippen molar-refractivity contribution < 1.29 is 13.0 Å². The van der Waals surface area contributed by atoms with Crippen molar-refractivity contribution in [3.63, 3.8) is 0 Å². The van der Waals surface area contributed by atoms with E-state index in [1.807, 2.05) is 30.3 Å². The quantitative estimate of drug-likeness (QED) is 0.581. The average Bonchev–Trinajstić information content (AvgIpc) is 2.48. The second kappa shape index (κ2) is 8.61. The minimum atomic E-state index is -4.06. The van der Waals surface area contributed by atoms with Gasteiger partial charge in [0.1, 0.15) is 0 Å². The number of hydrogen-bond donors (Lipinski definition) is 3. The van der Waals surface area contributed by atoms with Gasteiger partial charge in [-0.15, -0.1) is 0 Å². The molecule has 0 fully saturated rings. The van der Waals surface area contributed by atoms with Crippen LogP contribution < -0.4 is 11.1 Å². The van der Waals surface area contributed by atoms with E-state index in [-0.39, 0.29) is 4.90 Å². The van der Waals surface area contributed by atoms with Gasteiger partial charge in [0, 0.05) is 6.54 Å². The van der Waals surface area contributed by atoms with E-state index in [1.54, 1.807) is 26.0 Å². The standard InChI is InChI=1S/C8H10N2S.C8H10O3S/c9-8(11)10-6-7-4-2-1-3-5-7;1-6-3-4-7(2)8(5-6)12(9,10)11/h1-5H,6H2,(H3,9,10,11);3-5H,1-2H3,(H,9,10,11). The van der Waals surface area contributed by atoms with Crippen LogP contribution in [0, 0.1) is 13.8 Å². The van der Waals surface area contributed by atoms with Gasteiger partial charge in [0.15, 0.2) is 5.11 Å². The minimum absolute atomic E-state index is 0.0116. The Balaban J connectivity index is 0.000000231. The molecule has 0 bridgehead atoms. The summed E-state index contributed by atoms with van der Waals surface area (Å²) in [6, 6.07) is 14.9. The zero-order chi connectivity index (χ0) is 17.5. The third-order valence-corrected chi connectivity index (χ3v) is 4.07. The van der Waals surface area contributed by atoms with Crippen LogP contribution in [0.2, 0.25) is 0 Å². The Morgan fingerprint density at radius 1 is 1.17 bits per heavy atom. The fourth-order valence-electron chi connectivity index (χ4n) is 1.77. The predicted octanol–water partition coefficient (Wildman–Crippen LogP) is 2.57. The Morgan fingerprint density at radius 3 is 2.26 bits per heavy atom. The van der Waals surface area contributed by atoms with Crippen LogP contribution in [0.25, 0.3) is 0 Å². The zero-order valence-corrected chi connectivity index (χ0v) is 14.6. The molecule has 0 unspecified atom stereocenters. The lowest BCUT2D eigenvalue weighted by atomic mass is 10.2. The minimum Gasteiger partial charge on any atom is -0.376 e. The van der Waals surface area contributed by atoms with E-state index in [1.165, 1.54) is 11.6 Å². The van der Waals surface area contributed by atoms with Crippen molar-refractivity contribution in [1.29, 1.82) is 0 Å². The first-order chi connectivity index (χ1) is 10.7. The Labute approximate surface area is 142 Å². The smallest absolute Gasteiger partial charge is 0.294 e. The Kier molecular flexibility index (Phi) is 7.15. The van der Waals surface area contributed by atoms with E-state index in [4.69, 9.17) is 10.3 Å². The summed E-state index contributed by atoms with van der Waals surface area (Å²) in [5.41, 5.74) is 7.81. The fourth-order valence-corrected chi connectivity index (χ4v) is 2.65. The molecule has 2 rings (SSSR count). The maximum absolute atomic E-state index is 10.8. The second-order valence-corrected chi connectivity index (χ2v) is 6.78. The van der Waals surface area contributed by atoms with Gasteiger partial charge in [0.2, 0.25) is 0 Å². The molecule has 0 saturated heterocycles. The predicted molar refractivity (Wildman–Crippen MR) is 95.8 cm³/mol. The molecule has 23 heavy (non-hydrogen) atoms. The highest BCUT2D eigenvalue weighted by Gasteiger charge is 2.11. The van der Waals surface area contributed by atoms with Crippen LogP contribution in [0.3, 0.4) is 0 Å². The van der Waals surface area contributed by atoms with Crippen LogP contribution in [-0.2, 0) is 16.7 Å². The molecule has 0 aliphatic heterocycles. The molecule has 0 spiro atoms. The molecule has 0 saturated carbocycles. The van der Waals surface area contributed by atoms with Crippen LogP contribution >= 0.6 is 12.2 Å². The van der Waals surface area contributed by atoms with Crippen LogP contribution in [-0.4, -0.2) is 18.1 Å². The van der Waals surface area contributed by atoms with E-state index < -0.39 is 10.1 Å². The van der Waals surface area contributed by atoms with Crippen LogP contribution in [0.4, 0.5) is 0 Å². The lowest BCUT2D eigenvalue weighted by Gasteiger charge is -2.02.